The molecule has 14 heteroatoms. The number of ether oxygens (including phenoxy) is 1. The predicted octanol–water partition coefficient (Wildman–Crippen LogP) is -9.99. The molecule has 4 atom stereocenters. The smallest absolute Gasteiger partial charge is 0.790 e. The SMILES string of the molecule is O=c1ccn([C@@H]2O[C@H](CO)C(OP(=O)([O-])[O-])[C@@H]2O)c(=O)[nH]1.[Na+].[Na+]. The van der Waals surface area contributed by atoms with E-state index < -0.39 is 50.2 Å². The molecule has 0 amide bonds. The normalized spacial score (nSPS) is 27.1. The Kier molecular flexibility index (Phi) is 9.66. The monoisotopic (exact) mass is 368 g/mol. The van der Waals surface area contributed by atoms with Crippen LogP contribution in [-0.2, 0) is 13.8 Å². The quantitative estimate of drug-likeness (QED) is 0.344. The zero-order chi connectivity index (χ0) is 15.8. The fraction of sp³-hybridized carbons (Fsp3) is 0.556. The first kappa shape index (κ1) is 23.7. The third kappa shape index (κ3) is 5.86. The van der Waals surface area contributed by atoms with E-state index in [0.717, 1.165) is 16.8 Å². The van der Waals surface area contributed by atoms with Crippen LogP contribution in [0, 0.1) is 0 Å². The molecule has 118 valence electrons. The third-order valence-corrected chi connectivity index (χ3v) is 3.37. The number of aromatic amines is 1. The van der Waals surface area contributed by atoms with Crippen molar-refractivity contribution in [1.29, 1.82) is 0 Å². The van der Waals surface area contributed by atoms with Crippen LogP contribution in [-0.4, -0.2) is 44.7 Å². The largest absolute Gasteiger partial charge is 1.00 e. The molecule has 1 aliphatic rings. The number of phosphoric acid groups is 1. The molecule has 1 saturated heterocycles. The van der Waals surface area contributed by atoms with Gasteiger partial charge >= 0.3 is 64.8 Å². The van der Waals surface area contributed by atoms with Crippen molar-refractivity contribution in [3.05, 3.63) is 33.1 Å². The van der Waals surface area contributed by atoms with E-state index in [1.165, 1.54) is 0 Å². The molecule has 0 bridgehead atoms. The van der Waals surface area contributed by atoms with E-state index in [1.807, 2.05) is 4.98 Å². The minimum Gasteiger partial charge on any atom is -0.790 e. The van der Waals surface area contributed by atoms with Gasteiger partial charge in [0, 0.05) is 12.3 Å². The maximum absolute atomic E-state index is 11.6. The van der Waals surface area contributed by atoms with Gasteiger partial charge in [-0.05, 0) is 0 Å². The van der Waals surface area contributed by atoms with Crippen LogP contribution in [0.2, 0.25) is 0 Å². The molecule has 1 fully saturated rings. The average molecular weight is 368 g/mol. The first-order chi connectivity index (χ1) is 9.73. The van der Waals surface area contributed by atoms with Crippen molar-refractivity contribution in [2.24, 2.45) is 0 Å². The van der Waals surface area contributed by atoms with Crippen molar-refractivity contribution in [1.82, 2.24) is 9.55 Å². The van der Waals surface area contributed by atoms with Crippen molar-refractivity contribution in [3.63, 3.8) is 0 Å². The van der Waals surface area contributed by atoms with Crippen molar-refractivity contribution in [2.75, 3.05) is 6.61 Å². The number of aliphatic hydroxyl groups is 2. The first-order valence-corrected chi connectivity index (χ1v) is 7.15. The molecule has 2 rings (SSSR count). The second-order valence-electron chi connectivity index (χ2n) is 4.27. The Hall–Kier alpha value is 0.670. The standard InChI is InChI=1S/C9H13N2O9P.2Na/c12-3-4-7(20-21(16,17)18)6(14)8(19-4)11-2-1-5(13)10-9(11)15;;/h1-2,4,6-8,12,14H,3H2,(H,10,13,15)(H2,16,17,18);;/q;2*+1/p-2/t4-,6+,7?,8-;;/m1../s1. The molecule has 0 aliphatic carbocycles. The Morgan fingerprint density at radius 1 is 1.39 bits per heavy atom. The third-order valence-electron chi connectivity index (χ3n) is 2.87. The summed E-state index contributed by atoms with van der Waals surface area (Å²) in [4.78, 5) is 45.7. The minimum atomic E-state index is -5.44. The maximum Gasteiger partial charge on any atom is 1.00 e. The van der Waals surface area contributed by atoms with Crippen molar-refractivity contribution in [2.45, 2.75) is 24.5 Å². The van der Waals surface area contributed by atoms with Crippen LogP contribution < -0.4 is 80.2 Å². The van der Waals surface area contributed by atoms with Gasteiger partial charge in [-0.3, -0.25) is 14.3 Å². The summed E-state index contributed by atoms with van der Waals surface area (Å²) in [5.74, 6) is 0. The molecular formula is C9H11N2Na2O9P. The fourth-order valence-corrected chi connectivity index (χ4v) is 2.56. The summed E-state index contributed by atoms with van der Waals surface area (Å²) in [6.07, 6.45) is -5.13. The number of hydrogen-bond acceptors (Lipinski definition) is 9. The Morgan fingerprint density at radius 2 is 2.00 bits per heavy atom. The number of rotatable bonds is 4. The van der Waals surface area contributed by atoms with Crippen LogP contribution in [0.25, 0.3) is 0 Å². The number of aliphatic hydroxyl groups excluding tert-OH is 2. The van der Waals surface area contributed by atoms with Gasteiger partial charge in [0.25, 0.3) is 5.56 Å². The minimum absolute atomic E-state index is 0. The summed E-state index contributed by atoms with van der Waals surface area (Å²) < 4.78 is 20.7. The summed E-state index contributed by atoms with van der Waals surface area (Å²) in [5.41, 5.74) is -1.60. The van der Waals surface area contributed by atoms with Crippen LogP contribution >= 0.6 is 7.82 Å². The summed E-state index contributed by atoms with van der Waals surface area (Å²) >= 11 is 0. The summed E-state index contributed by atoms with van der Waals surface area (Å²) in [7, 11) is -5.44. The van der Waals surface area contributed by atoms with Crippen molar-refractivity contribution < 1.29 is 92.9 Å². The van der Waals surface area contributed by atoms with E-state index in [9.17, 15) is 29.0 Å². The van der Waals surface area contributed by atoms with E-state index in [-0.39, 0.29) is 59.1 Å². The zero-order valence-corrected chi connectivity index (χ0v) is 17.2. The van der Waals surface area contributed by atoms with Crippen LogP contribution in [0.15, 0.2) is 21.9 Å². The van der Waals surface area contributed by atoms with Crippen molar-refractivity contribution >= 4 is 7.82 Å². The molecule has 11 nitrogen and oxygen atoms in total. The molecule has 0 spiro atoms. The van der Waals surface area contributed by atoms with E-state index >= 15 is 0 Å². The van der Waals surface area contributed by atoms with Crippen LogP contribution in [0.5, 0.6) is 0 Å². The molecule has 0 radical (unpaired) electrons. The van der Waals surface area contributed by atoms with Gasteiger partial charge in [0.1, 0.15) is 18.3 Å². The molecule has 23 heavy (non-hydrogen) atoms. The van der Waals surface area contributed by atoms with Gasteiger partial charge in [-0.15, -0.1) is 0 Å². The molecule has 0 aromatic carbocycles. The molecule has 0 saturated carbocycles. The van der Waals surface area contributed by atoms with Gasteiger partial charge in [0.15, 0.2) is 6.23 Å². The molecule has 1 aromatic rings. The maximum atomic E-state index is 11.6. The molecule has 1 aromatic heterocycles. The number of aromatic nitrogens is 2. The number of nitrogens with zero attached hydrogens (tertiary/aromatic N) is 1. The van der Waals surface area contributed by atoms with Gasteiger partial charge in [0.05, 0.1) is 14.4 Å². The predicted molar refractivity (Wildman–Crippen MR) is 60.8 cm³/mol. The molecule has 1 aliphatic heterocycles. The van der Waals surface area contributed by atoms with Gasteiger partial charge in [-0.2, -0.15) is 0 Å². The van der Waals surface area contributed by atoms with Crippen molar-refractivity contribution in [3.8, 4) is 0 Å². The van der Waals surface area contributed by atoms with Gasteiger partial charge in [-0.1, -0.05) is 0 Å². The Balaban J connectivity index is 0.00000242. The molecule has 1 unspecified atom stereocenters. The van der Waals surface area contributed by atoms with E-state index in [4.69, 9.17) is 9.84 Å². The van der Waals surface area contributed by atoms with Gasteiger partial charge in [0.2, 0.25) is 0 Å². The van der Waals surface area contributed by atoms with Crippen LogP contribution in [0.3, 0.4) is 0 Å². The Morgan fingerprint density at radius 3 is 2.48 bits per heavy atom. The summed E-state index contributed by atoms with van der Waals surface area (Å²) in [6.45, 7) is -0.754. The summed E-state index contributed by atoms with van der Waals surface area (Å²) in [5, 5.41) is 19.0. The Bertz CT molecular complexity index is 673. The van der Waals surface area contributed by atoms with E-state index in [1.54, 1.807) is 0 Å². The number of phosphoric ester groups is 1. The zero-order valence-electron chi connectivity index (χ0n) is 12.3. The number of hydrogen-bond donors (Lipinski definition) is 3. The molecule has 2 heterocycles. The van der Waals surface area contributed by atoms with Gasteiger partial charge in [-0.25, -0.2) is 4.79 Å². The topological polar surface area (TPSA) is 177 Å². The molecule has 3 N–H and O–H groups in total. The average Bonchev–Trinajstić information content (AvgIpc) is 2.65. The first-order valence-electron chi connectivity index (χ1n) is 5.69. The van der Waals surface area contributed by atoms with E-state index in [2.05, 4.69) is 4.52 Å². The van der Waals surface area contributed by atoms with Crippen LogP contribution in [0.1, 0.15) is 6.23 Å². The second kappa shape index (κ2) is 9.39. The number of H-pyrrole nitrogens is 1. The fourth-order valence-electron chi connectivity index (χ4n) is 2.00. The summed E-state index contributed by atoms with van der Waals surface area (Å²) in [6, 6.07) is 0.978. The second-order valence-corrected chi connectivity index (χ2v) is 5.38. The van der Waals surface area contributed by atoms with Gasteiger partial charge < -0.3 is 33.8 Å². The molecular weight excluding hydrogens is 357 g/mol. The van der Waals surface area contributed by atoms with E-state index in [0.29, 0.717) is 0 Å². The number of nitrogens with one attached hydrogen (secondary N) is 1. The van der Waals surface area contributed by atoms with Crippen LogP contribution in [0.4, 0.5) is 0 Å². The Labute approximate surface area is 173 Å².